The summed E-state index contributed by atoms with van der Waals surface area (Å²) in [5.41, 5.74) is 5.85. The molecule has 5 heteroatoms. The maximum atomic E-state index is 11.9. The van der Waals surface area contributed by atoms with Crippen molar-refractivity contribution in [2.45, 2.75) is 37.5 Å². The molecule has 1 aliphatic heterocycles. The second kappa shape index (κ2) is 3.47. The molecule has 0 aromatic heterocycles. The van der Waals surface area contributed by atoms with E-state index in [-0.39, 0.29) is 17.2 Å². The number of rotatable bonds is 2. The van der Waals surface area contributed by atoms with Gasteiger partial charge in [0.05, 0.1) is 5.25 Å². The molecular formula is C9H18N2O2S. The SMILES string of the molecule is CC1CN(S(=O)(=O)C2CC2)CCC1N. The van der Waals surface area contributed by atoms with Gasteiger partial charge >= 0.3 is 0 Å². The lowest BCUT2D eigenvalue weighted by atomic mass is 9.96. The first-order valence-corrected chi connectivity index (χ1v) is 6.76. The van der Waals surface area contributed by atoms with Crippen molar-refractivity contribution in [1.82, 2.24) is 4.31 Å². The van der Waals surface area contributed by atoms with Crippen LogP contribution in [0.3, 0.4) is 0 Å². The van der Waals surface area contributed by atoms with E-state index in [1.165, 1.54) is 0 Å². The van der Waals surface area contributed by atoms with Gasteiger partial charge < -0.3 is 5.73 Å². The summed E-state index contributed by atoms with van der Waals surface area (Å²) in [6.45, 7) is 3.25. The number of nitrogens with two attached hydrogens (primary N) is 1. The average molecular weight is 218 g/mol. The van der Waals surface area contributed by atoms with Crippen molar-refractivity contribution in [2.24, 2.45) is 11.7 Å². The van der Waals surface area contributed by atoms with Gasteiger partial charge in [0.1, 0.15) is 0 Å². The zero-order chi connectivity index (χ0) is 10.3. The smallest absolute Gasteiger partial charge is 0.216 e. The molecule has 14 heavy (non-hydrogen) atoms. The van der Waals surface area contributed by atoms with Crippen LogP contribution in [0.4, 0.5) is 0 Å². The number of sulfonamides is 1. The topological polar surface area (TPSA) is 63.4 Å². The Morgan fingerprint density at radius 1 is 1.29 bits per heavy atom. The van der Waals surface area contributed by atoms with E-state index in [0.717, 1.165) is 19.3 Å². The molecule has 2 fully saturated rings. The summed E-state index contributed by atoms with van der Waals surface area (Å²) in [6, 6.07) is 0.167. The molecule has 0 spiro atoms. The standard InChI is InChI=1S/C9H18N2O2S/c1-7-6-11(5-4-9(7)10)14(12,13)8-2-3-8/h7-9H,2-6,10H2,1H3. The Bertz CT molecular complexity index is 311. The van der Waals surface area contributed by atoms with Gasteiger partial charge in [-0.15, -0.1) is 0 Å². The zero-order valence-corrected chi connectivity index (χ0v) is 9.33. The van der Waals surface area contributed by atoms with Crippen LogP contribution in [0.2, 0.25) is 0 Å². The van der Waals surface area contributed by atoms with Gasteiger partial charge in [-0.2, -0.15) is 0 Å². The van der Waals surface area contributed by atoms with Crippen molar-refractivity contribution in [3.05, 3.63) is 0 Å². The summed E-state index contributed by atoms with van der Waals surface area (Å²) in [5, 5.41) is -0.0796. The number of hydrogen-bond donors (Lipinski definition) is 1. The molecule has 0 aromatic rings. The van der Waals surface area contributed by atoms with Gasteiger partial charge in [-0.3, -0.25) is 0 Å². The van der Waals surface area contributed by atoms with Gasteiger partial charge in [0.25, 0.3) is 0 Å². The Hall–Kier alpha value is -0.130. The Morgan fingerprint density at radius 3 is 2.43 bits per heavy atom. The highest BCUT2D eigenvalue weighted by Gasteiger charge is 2.41. The molecule has 1 aliphatic carbocycles. The third-order valence-electron chi connectivity index (χ3n) is 3.24. The minimum Gasteiger partial charge on any atom is -0.327 e. The van der Waals surface area contributed by atoms with E-state index < -0.39 is 10.0 Å². The van der Waals surface area contributed by atoms with Crippen molar-refractivity contribution in [2.75, 3.05) is 13.1 Å². The van der Waals surface area contributed by atoms with Gasteiger partial charge in [-0.25, -0.2) is 12.7 Å². The molecule has 0 amide bonds. The quantitative estimate of drug-likeness (QED) is 0.717. The molecule has 82 valence electrons. The predicted octanol–water partition coefficient (Wildman–Crippen LogP) is 0.148. The summed E-state index contributed by atoms with van der Waals surface area (Å²) in [5.74, 6) is 0.289. The Kier molecular flexibility index (Phi) is 2.57. The van der Waals surface area contributed by atoms with Gasteiger partial charge in [0.2, 0.25) is 10.0 Å². The van der Waals surface area contributed by atoms with Crippen LogP contribution < -0.4 is 5.73 Å². The van der Waals surface area contributed by atoms with Crippen LogP contribution >= 0.6 is 0 Å². The van der Waals surface area contributed by atoms with E-state index >= 15 is 0 Å². The number of piperidine rings is 1. The minimum atomic E-state index is -2.97. The summed E-state index contributed by atoms with van der Waals surface area (Å²) in [7, 11) is -2.97. The predicted molar refractivity (Wildman–Crippen MR) is 55.3 cm³/mol. The fraction of sp³-hybridized carbons (Fsp3) is 1.00. The Labute approximate surface area is 85.5 Å². The first-order chi connectivity index (χ1) is 6.51. The highest BCUT2D eigenvalue weighted by molar-refractivity contribution is 7.90. The van der Waals surface area contributed by atoms with E-state index in [1.54, 1.807) is 4.31 Å². The molecule has 2 N–H and O–H groups in total. The fourth-order valence-corrected chi connectivity index (χ4v) is 3.89. The van der Waals surface area contributed by atoms with E-state index in [0.29, 0.717) is 13.1 Å². The van der Waals surface area contributed by atoms with E-state index in [4.69, 9.17) is 5.73 Å². The first-order valence-electron chi connectivity index (χ1n) is 5.26. The summed E-state index contributed by atoms with van der Waals surface area (Å²) in [6.07, 6.45) is 2.49. The van der Waals surface area contributed by atoms with E-state index in [1.807, 2.05) is 6.92 Å². The minimum absolute atomic E-state index is 0.0796. The van der Waals surface area contributed by atoms with E-state index in [9.17, 15) is 8.42 Å². The molecule has 0 radical (unpaired) electrons. The van der Waals surface area contributed by atoms with E-state index in [2.05, 4.69) is 0 Å². The number of hydrogen-bond acceptors (Lipinski definition) is 3. The molecule has 0 aromatic carbocycles. The third kappa shape index (κ3) is 1.81. The van der Waals surface area contributed by atoms with Crippen molar-refractivity contribution < 1.29 is 8.42 Å². The van der Waals surface area contributed by atoms with Crippen LogP contribution in [0.5, 0.6) is 0 Å². The summed E-state index contributed by atoms with van der Waals surface area (Å²) < 4.78 is 25.4. The van der Waals surface area contributed by atoms with Crippen LogP contribution in [-0.4, -0.2) is 37.1 Å². The van der Waals surface area contributed by atoms with Gasteiger partial charge in [-0.1, -0.05) is 6.92 Å². The molecular weight excluding hydrogens is 200 g/mol. The third-order valence-corrected chi connectivity index (χ3v) is 5.61. The lowest BCUT2D eigenvalue weighted by Crippen LogP contribution is -2.48. The molecule has 2 rings (SSSR count). The molecule has 0 bridgehead atoms. The second-order valence-electron chi connectivity index (χ2n) is 4.53. The van der Waals surface area contributed by atoms with Crippen molar-refractivity contribution in [3.63, 3.8) is 0 Å². The molecule has 2 unspecified atom stereocenters. The fourth-order valence-electron chi connectivity index (χ4n) is 1.93. The monoisotopic (exact) mass is 218 g/mol. The van der Waals surface area contributed by atoms with Crippen LogP contribution in [0.15, 0.2) is 0 Å². The van der Waals surface area contributed by atoms with Crippen molar-refractivity contribution in [1.29, 1.82) is 0 Å². The molecule has 2 aliphatic rings. The maximum Gasteiger partial charge on any atom is 0.216 e. The largest absolute Gasteiger partial charge is 0.327 e. The number of nitrogens with zero attached hydrogens (tertiary/aromatic N) is 1. The van der Waals surface area contributed by atoms with Gasteiger partial charge in [-0.05, 0) is 25.2 Å². The van der Waals surface area contributed by atoms with Crippen molar-refractivity contribution >= 4 is 10.0 Å². The van der Waals surface area contributed by atoms with Crippen LogP contribution in [0.1, 0.15) is 26.2 Å². The highest BCUT2D eigenvalue weighted by Crippen LogP contribution is 2.32. The Morgan fingerprint density at radius 2 is 1.93 bits per heavy atom. The molecule has 1 saturated heterocycles. The highest BCUT2D eigenvalue weighted by atomic mass is 32.2. The maximum absolute atomic E-state index is 11.9. The Balaban J connectivity index is 2.05. The molecule has 1 saturated carbocycles. The lowest BCUT2D eigenvalue weighted by molar-refractivity contribution is 0.250. The molecule has 1 heterocycles. The van der Waals surface area contributed by atoms with Crippen LogP contribution in [0, 0.1) is 5.92 Å². The summed E-state index contributed by atoms with van der Waals surface area (Å²) in [4.78, 5) is 0. The van der Waals surface area contributed by atoms with Crippen LogP contribution in [-0.2, 0) is 10.0 Å². The zero-order valence-electron chi connectivity index (χ0n) is 8.52. The molecule has 2 atom stereocenters. The van der Waals surface area contributed by atoms with Crippen LogP contribution in [0.25, 0.3) is 0 Å². The molecule has 4 nitrogen and oxygen atoms in total. The normalized spacial score (nSPS) is 35.9. The second-order valence-corrected chi connectivity index (χ2v) is 6.75. The van der Waals surface area contributed by atoms with Crippen molar-refractivity contribution in [3.8, 4) is 0 Å². The lowest BCUT2D eigenvalue weighted by Gasteiger charge is -2.34. The van der Waals surface area contributed by atoms with Gasteiger partial charge in [0, 0.05) is 19.1 Å². The first kappa shape index (κ1) is 10.4. The van der Waals surface area contributed by atoms with Gasteiger partial charge in [0.15, 0.2) is 0 Å². The average Bonchev–Trinajstić information content (AvgIpc) is 2.92. The summed E-state index contributed by atoms with van der Waals surface area (Å²) >= 11 is 0.